The van der Waals surface area contributed by atoms with Crippen molar-refractivity contribution in [2.75, 3.05) is 0 Å². The summed E-state index contributed by atoms with van der Waals surface area (Å²) >= 11 is 0. The van der Waals surface area contributed by atoms with Crippen LogP contribution in [0.3, 0.4) is 0 Å². The lowest BCUT2D eigenvalue weighted by Gasteiger charge is -2.21. The maximum absolute atomic E-state index is 13.1. The highest BCUT2D eigenvalue weighted by Gasteiger charge is 2.19. The van der Waals surface area contributed by atoms with Gasteiger partial charge in [0.1, 0.15) is 23.7 Å². The lowest BCUT2D eigenvalue weighted by atomic mass is 10.2. The van der Waals surface area contributed by atoms with Gasteiger partial charge in [-0.3, -0.25) is 9.36 Å². The lowest BCUT2D eigenvalue weighted by molar-refractivity contribution is 0.0704. The van der Waals surface area contributed by atoms with E-state index in [0.29, 0.717) is 36.0 Å². The van der Waals surface area contributed by atoms with Crippen molar-refractivity contribution >= 4 is 5.91 Å². The average molecular weight is 348 g/mol. The molecule has 4 aromatic heterocycles. The molecule has 0 aliphatic carbocycles. The first-order valence-electron chi connectivity index (χ1n) is 8.08. The minimum absolute atomic E-state index is 0.137. The van der Waals surface area contributed by atoms with Crippen molar-refractivity contribution in [2.24, 2.45) is 0 Å². The topological polar surface area (TPSA) is 77.3 Å². The van der Waals surface area contributed by atoms with Gasteiger partial charge in [-0.05, 0) is 36.4 Å². The van der Waals surface area contributed by atoms with E-state index in [9.17, 15) is 4.79 Å². The Labute approximate surface area is 149 Å². The number of amides is 1. The van der Waals surface area contributed by atoms with E-state index in [2.05, 4.69) is 9.97 Å². The van der Waals surface area contributed by atoms with E-state index >= 15 is 0 Å². The quantitative estimate of drug-likeness (QED) is 0.534. The molecule has 1 amide bonds. The molecular weight excluding hydrogens is 332 g/mol. The zero-order valence-corrected chi connectivity index (χ0v) is 13.9. The summed E-state index contributed by atoms with van der Waals surface area (Å²) in [5, 5.41) is 0. The van der Waals surface area contributed by atoms with E-state index in [0.717, 1.165) is 0 Å². The van der Waals surface area contributed by atoms with Gasteiger partial charge in [0, 0.05) is 24.2 Å². The van der Waals surface area contributed by atoms with E-state index in [4.69, 9.17) is 8.83 Å². The van der Waals surface area contributed by atoms with Crippen LogP contribution in [0, 0.1) is 0 Å². The maximum atomic E-state index is 13.1. The Morgan fingerprint density at radius 3 is 2.35 bits per heavy atom. The molecule has 7 nitrogen and oxygen atoms in total. The van der Waals surface area contributed by atoms with E-state index in [1.807, 2.05) is 12.1 Å². The summed E-state index contributed by atoms with van der Waals surface area (Å²) in [4.78, 5) is 23.1. The van der Waals surface area contributed by atoms with Crippen LogP contribution in [0.5, 0.6) is 0 Å². The standard InChI is InChI=1S/C19H16N4O3/c24-19(15-5-6-21-18(11-15)22-8-7-20-14-22)23(12-16-3-1-9-25-16)13-17-4-2-10-26-17/h1-11,14H,12-13H2. The molecule has 0 unspecified atom stereocenters. The van der Waals surface area contributed by atoms with Crippen LogP contribution >= 0.6 is 0 Å². The summed E-state index contributed by atoms with van der Waals surface area (Å²) in [6.07, 6.45) is 9.87. The minimum Gasteiger partial charge on any atom is -0.467 e. The van der Waals surface area contributed by atoms with Crippen molar-refractivity contribution in [3.63, 3.8) is 0 Å². The van der Waals surface area contributed by atoms with E-state index in [1.54, 1.807) is 71.2 Å². The van der Waals surface area contributed by atoms with Gasteiger partial charge in [-0.1, -0.05) is 0 Å². The van der Waals surface area contributed by atoms with Gasteiger partial charge in [0.2, 0.25) is 0 Å². The molecule has 0 radical (unpaired) electrons. The fourth-order valence-electron chi connectivity index (χ4n) is 2.65. The number of rotatable bonds is 6. The normalized spacial score (nSPS) is 10.8. The summed E-state index contributed by atoms with van der Waals surface area (Å²) in [6.45, 7) is 0.685. The monoisotopic (exact) mass is 348 g/mol. The van der Waals surface area contributed by atoms with Crippen LogP contribution in [-0.2, 0) is 13.1 Å². The second-order valence-electron chi connectivity index (χ2n) is 5.69. The first kappa shape index (κ1) is 15.9. The number of carbonyl (C=O) groups is 1. The van der Waals surface area contributed by atoms with E-state index in [1.165, 1.54) is 0 Å². The zero-order valence-electron chi connectivity index (χ0n) is 13.9. The third-order valence-electron chi connectivity index (χ3n) is 3.90. The van der Waals surface area contributed by atoms with Crippen LogP contribution in [0.25, 0.3) is 5.82 Å². The third kappa shape index (κ3) is 3.41. The molecule has 7 heteroatoms. The second kappa shape index (κ2) is 7.10. The predicted octanol–water partition coefficient (Wildman–Crippen LogP) is 3.30. The first-order chi connectivity index (χ1) is 12.8. The highest BCUT2D eigenvalue weighted by atomic mass is 16.3. The van der Waals surface area contributed by atoms with E-state index < -0.39 is 0 Å². The van der Waals surface area contributed by atoms with Crippen LogP contribution in [0.4, 0.5) is 0 Å². The third-order valence-corrected chi connectivity index (χ3v) is 3.90. The Kier molecular flexibility index (Phi) is 4.34. The number of hydrogen-bond acceptors (Lipinski definition) is 5. The maximum Gasteiger partial charge on any atom is 0.254 e. The Morgan fingerprint density at radius 2 is 1.77 bits per heavy atom. The van der Waals surface area contributed by atoms with Crippen LogP contribution < -0.4 is 0 Å². The summed E-state index contributed by atoms with van der Waals surface area (Å²) in [5.74, 6) is 1.90. The Hall–Kier alpha value is -3.61. The summed E-state index contributed by atoms with van der Waals surface area (Å²) < 4.78 is 12.6. The van der Waals surface area contributed by atoms with Gasteiger partial charge in [0.05, 0.1) is 25.6 Å². The molecule has 0 saturated heterocycles. The van der Waals surface area contributed by atoms with Gasteiger partial charge in [0.25, 0.3) is 5.91 Å². The van der Waals surface area contributed by atoms with Gasteiger partial charge < -0.3 is 13.7 Å². The van der Waals surface area contributed by atoms with Crippen molar-refractivity contribution in [3.05, 3.63) is 90.9 Å². The Balaban J connectivity index is 1.62. The fourth-order valence-corrected chi connectivity index (χ4v) is 2.65. The van der Waals surface area contributed by atoms with Crippen molar-refractivity contribution in [2.45, 2.75) is 13.1 Å². The number of aromatic nitrogens is 3. The molecule has 26 heavy (non-hydrogen) atoms. The number of furan rings is 2. The molecule has 0 aromatic carbocycles. The number of carbonyl (C=O) groups excluding carboxylic acids is 1. The summed E-state index contributed by atoms with van der Waals surface area (Å²) in [6, 6.07) is 10.7. The van der Waals surface area contributed by atoms with Crippen molar-refractivity contribution in [1.82, 2.24) is 19.4 Å². The molecule has 0 bridgehead atoms. The Bertz CT molecular complexity index is 924. The van der Waals surface area contributed by atoms with Crippen LogP contribution in [0.15, 0.2) is 82.7 Å². The Morgan fingerprint density at radius 1 is 1.04 bits per heavy atom. The number of imidazole rings is 1. The van der Waals surface area contributed by atoms with Gasteiger partial charge in [-0.25, -0.2) is 9.97 Å². The SMILES string of the molecule is O=C(c1ccnc(-n2ccnc2)c1)N(Cc1ccco1)Cc1ccco1. The predicted molar refractivity (Wildman–Crippen MR) is 92.4 cm³/mol. The molecule has 0 saturated carbocycles. The minimum atomic E-state index is -0.137. The molecule has 0 N–H and O–H groups in total. The smallest absolute Gasteiger partial charge is 0.254 e. The molecule has 0 aliphatic heterocycles. The summed E-state index contributed by atoms with van der Waals surface area (Å²) in [5.41, 5.74) is 0.529. The molecule has 0 aliphatic rings. The van der Waals surface area contributed by atoms with Gasteiger partial charge >= 0.3 is 0 Å². The van der Waals surface area contributed by atoms with E-state index in [-0.39, 0.29) is 5.91 Å². The van der Waals surface area contributed by atoms with Gasteiger partial charge in [0.15, 0.2) is 0 Å². The molecule has 0 spiro atoms. The molecule has 130 valence electrons. The summed E-state index contributed by atoms with van der Waals surface area (Å²) in [7, 11) is 0. The number of pyridine rings is 1. The average Bonchev–Trinajstić information content (AvgIpc) is 3.43. The fraction of sp³-hybridized carbons (Fsp3) is 0.105. The number of hydrogen-bond donors (Lipinski definition) is 0. The molecule has 4 aromatic rings. The highest BCUT2D eigenvalue weighted by molar-refractivity contribution is 5.94. The first-order valence-corrected chi connectivity index (χ1v) is 8.08. The van der Waals surface area contributed by atoms with Crippen molar-refractivity contribution in [3.8, 4) is 5.82 Å². The molecule has 0 atom stereocenters. The van der Waals surface area contributed by atoms with Crippen molar-refractivity contribution < 1.29 is 13.6 Å². The van der Waals surface area contributed by atoms with Crippen LogP contribution in [0.1, 0.15) is 21.9 Å². The van der Waals surface area contributed by atoms with Crippen molar-refractivity contribution in [1.29, 1.82) is 0 Å². The highest BCUT2D eigenvalue weighted by Crippen LogP contribution is 2.16. The van der Waals surface area contributed by atoms with Gasteiger partial charge in [-0.15, -0.1) is 0 Å². The second-order valence-corrected chi connectivity index (χ2v) is 5.69. The molecule has 0 fully saturated rings. The number of nitrogens with zero attached hydrogens (tertiary/aromatic N) is 4. The van der Waals surface area contributed by atoms with Crippen LogP contribution in [-0.4, -0.2) is 25.3 Å². The van der Waals surface area contributed by atoms with Crippen LogP contribution in [0.2, 0.25) is 0 Å². The molecule has 4 rings (SSSR count). The largest absolute Gasteiger partial charge is 0.467 e. The lowest BCUT2D eigenvalue weighted by Crippen LogP contribution is -2.30. The zero-order chi connectivity index (χ0) is 17.8. The molecule has 4 heterocycles. The van der Waals surface area contributed by atoms with Gasteiger partial charge in [-0.2, -0.15) is 0 Å². The molecular formula is C19H16N4O3.